The number of piperidine rings is 2. The summed E-state index contributed by atoms with van der Waals surface area (Å²) in [6, 6.07) is 0. The Bertz CT molecular complexity index is 305. The van der Waals surface area contributed by atoms with Crippen LogP contribution in [0.1, 0.15) is 39.5 Å². The maximum absolute atomic E-state index is 12.7. The summed E-state index contributed by atoms with van der Waals surface area (Å²) in [5, 5.41) is 3.29. The van der Waals surface area contributed by atoms with Crippen molar-refractivity contribution in [1.82, 2.24) is 10.2 Å². The van der Waals surface area contributed by atoms with Crippen molar-refractivity contribution >= 4 is 18.3 Å². The van der Waals surface area contributed by atoms with Gasteiger partial charge in [-0.2, -0.15) is 0 Å². The minimum atomic E-state index is -0.563. The van der Waals surface area contributed by atoms with Crippen LogP contribution in [0.3, 0.4) is 0 Å². The van der Waals surface area contributed by atoms with E-state index in [1.807, 2.05) is 4.90 Å². The Morgan fingerprint density at radius 3 is 2.11 bits per heavy atom. The highest BCUT2D eigenvalue weighted by Gasteiger charge is 2.43. The quantitative estimate of drug-likeness (QED) is 0.843. The zero-order valence-corrected chi connectivity index (χ0v) is 13.1. The largest absolute Gasteiger partial charge is 0.368 e. The van der Waals surface area contributed by atoms with Crippen molar-refractivity contribution in [3.8, 4) is 0 Å². The number of amides is 1. The molecule has 0 atom stereocenters. The van der Waals surface area contributed by atoms with Gasteiger partial charge in [0, 0.05) is 20.2 Å². The van der Waals surface area contributed by atoms with Crippen LogP contribution in [0.15, 0.2) is 0 Å². The fourth-order valence-electron chi connectivity index (χ4n) is 2.94. The Labute approximate surface area is 122 Å². The van der Waals surface area contributed by atoms with E-state index >= 15 is 0 Å². The van der Waals surface area contributed by atoms with Gasteiger partial charge in [0.05, 0.1) is 0 Å². The van der Waals surface area contributed by atoms with Gasteiger partial charge < -0.3 is 15.0 Å². The molecular formula is C14H27ClN2O2. The van der Waals surface area contributed by atoms with E-state index < -0.39 is 5.60 Å². The third kappa shape index (κ3) is 3.61. The average Bonchev–Trinajstić information content (AvgIpc) is 2.39. The van der Waals surface area contributed by atoms with Gasteiger partial charge in [-0.3, -0.25) is 4.79 Å². The predicted octanol–water partition coefficient (Wildman–Crippen LogP) is 1.83. The molecule has 2 heterocycles. The van der Waals surface area contributed by atoms with E-state index in [-0.39, 0.29) is 18.3 Å². The minimum absolute atomic E-state index is 0. The van der Waals surface area contributed by atoms with E-state index in [9.17, 15) is 4.79 Å². The highest BCUT2D eigenvalue weighted by Crippen LogP contribution is 2.32. The van der Waals surface area contributed by atoms with Gasteiger partial charge in [0.25, 0.3) is 5.91 Å². The fourth-order valence-corrected chi connectivity index (χ4v) is 2.94. The number of carbonyl (C=O) groups is 1. The first-order chi connectivity index (χ1) is 8.49. The zero-order valence-electron chi connectivity index (χ0n) is 12.3. The normalized spacial score (nSPS) is 25.5. The van der Waals surface area contributed by atoms with Gasteiger partial charge in [-0.1, -0.05) is 13.8 Å². The van der Waals surface area contributed by atoms with Crippen molar-refractivity contribution in [2.45, 2.75) is 45.1 Å². The predicted molar refractivity (Wildman–Crippen MR) is 78.7 cm³/mol. The Morgan fingerprint density at radius 2 is 1.63 bits per heavy atom. The number of nitrogens with zero attached hydrogens (tertiary/aromatic N) is 1. The summed E-state index contributed by atoms with van der Waals surface area (Å²) < 4.78 is 5.61. The van der Waals surface area contributed by atoms with Crippen LogP contribution >= 0.6 is 12.4 Å². The Hall–Kier alpha value is -0.320. The van der Waals surface area contributed by atoms with Crippen LogP contribution in [-0.4, -0.2) is 49.7 Å². The maximum atomic E-state index is 12.7. The number of hydrogen-bond acceptors (Lipinski definition) is 3. The summed E-state index contributed by atoms with van der Waals surface area (Å²) in [4.78, 5) is 14.7. The molecule has 1 N–H and O–H groups in total. The van der Waals surface area contributed by atoms with Crippen molar-refractivity contribution in [2.24, 2.45) is 5.41 Å². The van der Waals surface area contributed by atoms with Gasteiger partial charge in [0.1, 0.15) is 5.60 Å². The van der Waals surface area contributed by atoms with E-state index in [4.69, 9.17) is 4.74 Å². The lowest BCUT2D eigenvalue weighted by molar-refractivity contribution is -0.160. The molecule has 0 aromatic heterocycles. The third-order valence-electron chi connectivity index (χ3n) is 4.60. The number of methoxy groups -OCH3 is 1. The molecule has 0 aromatic rings. The molecule has 0 aliphatic carbocycles. The molecule has 2 aliphatic rings. The Morgan fingerprint density at radius 1 is 1.11 bits per heavy atom. The summed E-state index contributed by atoms with van der Waals surface area (Å²) in [6.07, 6.45) is 3.78. The molecule has 2 fully saturated rings. The van der Waals surface area contributed by atoms with Crippen LogP contribution in [0.5, 0.6) is 0 Å². The lowest BCUT2D eigenvalue weighted by Gasteiger charge is -2.43. The summed E-state index contributed by atoms with van der Waals surface area (Å²) in [6.45, 7) is 8.07. The molecule has 5 heteroatoms. The number of hydrogen-bond donors (Lipinski definition) is 1. The number of halogens is 1. The SMILES string of the molecule is COC1(C(=O)N2CCC(C)(C)CC2)CCNCC1.Cl. The zero-order chi connectivity index (χ0) is 13.2. The van der Waals surface area contributed by atoms with Crippen LogP contribution in [0.2, 0.25) is 0 Å². The van der Waals surface area contributed by atoms with Crippen molar-refractivity contribution in [3.05, 3.63) is 0 Å². The van der Waals surface area contributed by atoms with Crippen molar-refractivity contribution in [3.63, 3.8) is 0 Å². The van der Waals surface area contributed by atoms with Crippen molar-refractivity contribution in [2.75, 3.05) is 33.3 Å². The van der Waals surface area contributed by atoms with Crippen molar-refractivity contribution in [1.29, 1.82) is 0 Å². The van der Waals surface area contributed by atoms with Gasteiger partial charge in [-0.25, -0.2) is 0 Å². The van der Waals surface area contributed by atoms with Crippen LogP contribution in [0.4, 0.5) is 0 Å². The number of nitrogens with one attached hydrogen (secondary N) is 1. The summed E-state index contributed by atoms with van der Waals surface area (Å²) >= 11 is 0. The standard InChI is InChI=1S/C14H26N2O2.ClH/c1-13(2)6-10-16(11-7-13)12(17)14(18-3)4-8-15-9-5-14;/h15H,4-11H2,1-3H3;1H. The second kappa shape index (κ2) is 6.42. The first-order valence-corrected chi connectivity index (χ1v) is 7.04. The van der Waals surface area contributed by atoms with Crippen molar-refractivity contribution < 1.29 is 9.53 Å². The molecular weight excluding hydrogens is 264 g/mol. The van der Waals surface area contributed by atoms with Gasteiger partial charge in [-0.15, -0.1) is 12.4 Å². The van der Waals surface area contributed by atoms with Crippen LogP contribution in [0.25, 0.3) is 0 Å². The molecule has 0 aromatic carbocycles. The molecule has 4 nitrogen and oxygen atoms in total. The number of carbonyl (C=O) groups excluding carboxylic acids is 1. The number of likely N-dealkylation sites (tertiary alicyclic amines) is 1. The molecule has 0 bridgehead atoms. The first kappa shape index (κ1) is 16.7. The lowest BCUT2D eigenvalue weighted by atomic mass is 9.81. The Balaban J connectivity index is 0.00000180. The minimum Gasteiger partial charge on any atom is -0.368 e. The third-order valence-corrected chi connectivity index (χ3v) is 4.60. The van der Waals surface area contributed by atoms with Crippen LogP contribution < -0.4 is 5.32 Å². The summed E-state index contributed by atoms with van der Waals surface area (Å²) in [5.74, 6) is 0.210. The topological polar surface area (TPSA) is 41.6 Å². The smallest absolute Gasteiger partial charge is 0.254 e. The monoisotopic (exact) mass is 290 g/mol. The molecule has 0 unspecified atom stereocenters. The second-order valence-electron chi connectivity index (χ2n) is 6.40. The first-order valence-electron chi connectivity index (χ1n) is 7.04. The lowest BCUT2D eigenvalue weighted by Crippen LogP contribution is -2.57. The van der Waals surface area contributed by atoms with Gasteiger partial charge in [0.2, 0.25) is 0 Å². The fraction of sp³-hybridized carbons (Fsp3) is 0.929. The van der Waals surface area contributed by atoms with E-state index in [1.165, 1.54) is 0 Å². The van der Waals surface area contributed by atoms with Crippen LogP contribution in [-0.2, 0) is 9.53 Å². The molecule has 2 rings (SSSR count). The molecule has 2 saturated heterocycles. The van der Waals surface area contributed by atoms with E-state index in [1.54, 1.807) is 7.11 Å². The average molecular weight is 291 g/mol. The molecule has 2 aliphatic heterocycles. The summed E-state index contributed by atoms with van der Waals surface area (Å²) in [7, 11) is 1.68. The molecule has 19 heavy (non-hydrogen) atoms. The second-order valence-corrected chi connectivity index (χ2v) is 6.40. The molecule has 0 spiro atoms. The Kier molecular flexibility index (Phi) is 5.65. The van der Waals surface area contributed by atoms with Gasteiger partial charge >= 0.3 is 0 Å². The summed E-state index contributed by atoms with van der Waals surface area (Å²) in [5.41, 5.74) is -0.183. The molecule has 0 radical (unpaired) electrons. The van der Waals surface area contributed by atoms with E-state index in [2.05, 4.69) is 19.2 Å². The van der Waals surface area contributed by atoms with E-state index in [0.717, 1.165) is 51.9 Å². The van der Waals surface area contributed by atoms with Crippen LogP contribution in [0, 0.1) is 5.41 Å². The molecule has 112 valence electrons. The molecule has 0 saturated carbocycles. The molecule has 1 amide bonds. The number of ether oxygens (including phenoxy) is 1. The number of rotatable bonds is 2. The van der Waals surface area contributed by atoms with Gasteiger partial charge in [0.15, 0.2) is 0 Å². The highest BCUT2D eigenvalue weighted by atomic mass is 35.5. The highest BCUT2D eigenvalue weighted by molar-refractivity contribution is 5.86. The maximum Gasteiger partial charge on any atom is 0.254 e. The van der Waals surface area contributed by atoms with E-state index in [0.29, 0.717) is 5.41 Å². The van der Waals surface area contributed by atoms with Gasteiger partial charge in [-0.05, 0) is 44.2 Å².